The van der Waals surface area contributed by atoms with Crippen molar-refractivity contribution in [3.63, 3.8) is 0 Å². The Balaban J connectivity index is 0.000000613. The molecule has 4 rings (SSSR count). The zero-order chi connectivity index (χ0) is 18.8. The summed E-state index contributed by atoms with van der Waals surface area (Å²) in [4.78, 5) is 18.3. The van der Waals surface area contributed by atoms with Gasteiger partial charge in [0.2, 0.25) is 0 Å². The molecule has 1 N–H and O–H groups in total. The number of aromatic nitrogens is 2. The van der Waals surface area contributed by atoms with E-state index in [1.807, 2.05) is 4.90 Å². The molecule has 3 heterocycles. The molecule has 0 atom stereocenters. The molecule has 3 aromatic rings. The standard InChI is InChI=1S/C16H14F3N3O.CH2O2/c1-8-10(17)5-4-9-11-13(23-12(8)9)16(22-6-2-3-7-22)21-15(20-11)14(18)19;2-1-3/h4-5,14H,2-3,6-7H2,1H3;1H,(H,2,3). The van der Waals surface area contributed by atoms with Gasteiger partial charge in [0.05, 0.1) is 0 Å². The molecule has 2 aromatic heterocycles. The lowest BCUT2D eigenvalue weighted by molar-refractivity contribution is -0.122. The van der Waals surface area contributed by atoms with Crippen LogP contribution in [-0.4, -0.2) is 34.6 Å². The van der Waals surface area contributed by atoms with E-state index >= 15 is 0 Å². The van der Waals surface area contributed by atoms with Crippen LogP contribution in [0, 0.1) is 12.7 Å². The number of nitrogens with zero attached hydrogens (tertiary/aromatic N) is 3. The number of benzene rings is 1. The molecule has 1 saturated heterocycles. The van der Waals surface area contributed by atoms with Gasteiger partial charge in [-0.05, 0) is 31.9 Å². The predicted molar refractivity (Wildman–Crippen MR) is 89.1 cm³/mol. The first-order chi connectivity index (χ1) is 12.5. The summed E-state index contributed by atoms with van der Waals surface area (Å²) in [5.41, 5.74) is 1.34. The molecule has 1 aromatic carbocycles. The molecule has 6 nitrogen and oxygen atoms in total. The Labute approximate surface area is 146 Å². The average Bonchev–Trinajstić information content (AvgIpc) is 3.26. The Morgan fingerprint density at radius 2 is 1.88 bits per heavy atom. The summed E-state index contributed by atoms with van der Waals surface area (Å²) < 4.78 is 45.9. The van der Waals surface area contributed by atoms with Crippen LogP contribution in [0.2, 0.25) is 0 Å². The second kappa shape index (κ2) is 7.19. The van der Waals surface area contributed by atoms with E-state index in [1.54, 1.807) is 6.92 Å². The van der Waals surface area contributed by atoms with Crippen molar-refractivity contribution >= 4 is 34.4 Å². The highest BCUT2D eigenvalue weighted by Crippen LogP contribution is 2.37. The van der Waals surface area contributed by atoms with Crippen molar-refractivity contribution in [3.8, 4) is 0 Å². The first-order valence-electron chi connectivity index (χ1n) is 7.98. The monoisotopic (exact) mass is 367 g/mol. The Bertz CT molecular complexity index is 953. The Hall–Kier alpha value is -2.84. The predicted octanol–water partition coefficient (Wildman–Crippen LogP) is 4.06. The van der Waals surface area contributed by atoms with Crippen LogP contribution in [0.3, 0.4) is 0 Å². The molecule has 0 spiro atoms. The maximum Gasteiger partial charge on any atom is 0.297 e. The molecule has 1 aliphatic rings. The van der Waals surface area contributed by atoms with E-state index in [1.165, 1.54) is 12.1 Å². The van der Waals surface area contributed by atoms with Gasteiger partial charge in [0, 0.05) is 24.0 Å². The summed E-state index contributed by atoms with van der Waals surface area (Å²) in [5.74, 6) is -0.552. The first-order valence-corrected chi connectivity index (χ1v) is 7.98. The molecule has 1 aliphatic heterocycles. The number of carbonyl (C=O) groups is 1. The number of hydrogen-bond donors (Lipinski definition) is 1. The van der Waals surface area contributed by atoms with Gasteiger partial charge in [-0.15, -0.1) is 0 Å². The molecule has 0 aliphatic carbocycles. The first kappa shape index (κ1) is 18.0. The molecule has 26 heavy (non-hydrogen) atoms. The van der Waals surface area contributed by atoms with Gasteiger partial charge in [-0.3, -0.25) is 4.79 Å². The second-order valence-electron chi connectivity index (χ2n) is 5.83. The minimum absolute atomic E-state index is 0.250. The van der Waals surface area contributed by atoms with Gasteiger partial charge in [0.25, 0.3) is 12.9 Å². The topological polar surface area (TPSA) is 79.5 Å². The van der Waals surface area contributed by atoms with Crippen molar-refractivity contribution in [2.75, 3.05) is 18.0 Å². The van der Waals surface area contributed by atoms with Gasteiger partial charge < -0.3 is 14.4 Å². The number of rotatable bonds is 2. The van der Waals surface area contributed by atoms with Crippen LogP contribution < -0.4 is 4.90 Å². The second-order valence-corrected chi connectivity index (χ2v) is 5.83. The van der Waals surface area contributed by atoms with Gasteiger partial charge in [-0.2, -0.15) is 0 Å². The lowest BCUT2D eigenvalue weighted by Gasteiger charge is -2.16. The maximum absolute atomic E-state index is 13.8. The number of hydrogen-bond acceptors (Lipinski definition) is 5. The highest BCUT2D eigenvalue weighted by molar-refractivity contribution is 6.06. The Morgan fingerprint density at radius 1 is 1.23 bits per heavy atom. The van der Waals surface area contributed by atoms with E-state index in [-0.39, 0.29) is 6.47 Å². The van der Waals surface area contributed by atoms with E-state index < -0.39 is 18.1 Å². The third-order valence-corrected chi connectivity index (χ3v) is 4.26. The number of aryl methyl sites for hydroxylation is 1. The highest BCUT2D eigenvalue weighted by atomic mass is 19.3. The normalized spacial score (nSPS) is 14.1. The summed E-state index contributed by atoms with van der Waals surface area (Å²) in [6, 6.07) is 2.81. The molecule has 0 amide bonds. The van der Waals surface area contributed by atoms with E-state index in [4.69, 9.17) is 14.3 Å². The number of fused-ring (bicyclic) bond motifs is 3. The van der Waals surface area contributed by atoms with Crippen molar-refractivity contribution in [3.05, 3.63) is 29.3 Å². The fourth-order valence-electron chi connectivity index (χ4n) is 3.06. The number of furan rings is 1. The molecule has 0 saturated carbocycles. The van der Waals surface area contributed by atoms with E-state index in [9.17, 15) is 13.2 Å². The highest BCUT2D eigenvalue weighted by Gasteiger charge is 2.25. The molecule has 0 unspecified atom stereocenters. The van der Waals surface area contributed by atoms with E-state index in [0.717, 1.165) is 25.9 Å². The lowest BCUT2D eigenvalue weighted by atomic mass is 10.1. The van der Waals surface area contributed by atoms with Gasteiger partial charge in [0.15, 0.2) is 17.2 Å². The summed E-state index contributed by atoms with van der Waals surface area (Å²) in [5, 5.41) is 7.42. The molecule has 1 fully saturated rings. The molecular weight excluding hydrogens is 351 g/mol. The number of anilines is 1. The number of alkyl halides is 2. The average molecular weight is 367 g/mol. The van der Waals surface area contributed by atoms with Crippen LogP contribution in [0.5, 0.6) is 0 Å². The summed E-state index contributed by atoms with van der Waals surface area (Å²) in [6.45, 7) is 2.81. The van der Waals surface area contributed by atoms with Crippen LogP contribution >= 0.6 is 0 Å². The van der Waals surface area contributed by atoms with Crippen LogP contribution in [0.15, 0.2) is 16.5 Å². The SMILES string of the molecule is Cc1c(F)ccc2c1oc1c(N3CCCC3)nc(C(F)F)nc12.O=CO. The van der Waals surface area contributed by atoms with Gasteiger partial charge >= 0.3 is 0 Å². The fourth-order valence-corrected chi connectivity index (χ4v) is 3.06. The summed E-state index contributed by atoms with van der Waals surface area (Å²) in [6.07, 6.45) is -0.820. The fraction of sp³-hybridized carbons (Fsp3) is 0.353. The third kappa shape index (κ3) is 3.04. The van der Waals surface area contributed by atoms with Gasteiger partial charge in [-0.25, -0.2) is 23.1 Å². The number of halogens is 3. The van der Waals surface area contributed by atoms with Crippen molar-refractivity contribution in [1.29, 1.82) is 0 Å². The van der Waals surface area contributed by atoms with E-state index in [2.05, 4.69) is 9.97 Å². The smallest absolute Gasteiger partial charge is 0.297 e. The minimum atomic E-state index is -2.77. The minimum Gasteiger partial charge on any atom is -0.483 e. The largest absolute Gasteiger partial charge is 0.483 e. The molecule has 9 heteroatoms. The van der Waals surface area contributed by atoms with Gasteiger partial charge in [-0.1, -0.05) is 0 Å². The summed E-state index contributed by atoms with van der Waals surface area (Å²) in [7, 11) is 0. The van der Waals surface area contributed by atoms with Crippen LogP contribution in [0.1, 0.15) is 30.7 Å². The maximum atomic E-state index is 13.8. The van der Waals surface area contributed by atoms with Crippen LogP contribution in [-0.2, 0) is 4.79 Å². The zero-order valence-electron chi connectivity index (χ0n) is 13.9. The van der Waals surface area contributed by atoms with Crippen molar-refractivity contribution < 1.29 is 27.5 Å². The van der Waals surface area contributed by atoms with Crippen molar-refractivity contribution in [2.45, 2.75) is 26.2 Å². The van der Waals surface area contributed by atoms with Crippen molar-refractivity contribution in [2.24, 2.45) is 0 Å². The third-order valence-electron chi connectivity index (χ3n) is 4.26. The van der Waals surface area contributed by atoms with E-state index in [0.29, 0.717) is 33.5 Å². The number of carboxylic acid groups (broad SMARTS) is 1. The molecular formula is C17H16F3N3O3. The van der Waals surface area contributed by atoms with Crippen LogP contribution in [0.4, 0.5) is 19.0 Å². The Kier molecular flexibility index (Phi) is 4.97. The van der Waals surface area contributed by atoms with Gasteiger partial charge in [0.1, 0.15) is 16.9 Å². The zero-order valence-corrected chi connectivity index (χ0v) is 13.9. The Morgan fingerprint density at radius 3 is 2.50 bits per heavy atom. The quantitative estimate of drug-likeness (QED) is 0.688. The lowest BCUT2D eigenvalue weighted by Crippen LogP contribution is -2.20. The van der Waals surface area contributed by atoms with Crippen LogP contribution in [0.25, 0.3) is 22.1 Å². The van der Waals surface area contributed by atoms with Crippen molar-refractivity contribution in [1.82, 2.24) is 9.97 Å². The summed E-state index contributed by atoms with van der Waals surface area (Å²) >= 11 is 0. The molecule has 0 bridgehead atoms. The molecule has 0 radical (unpaired) electrons. The molecule has 138 valence electrons.